The second kappa shape index (κ2) is 5.35. The van der Waals surface area contributed by atoms with Crippen LogP contribution in [0.2, 0.25) is 0 Å². The molecule has 0 aliphatic heterocycles. The minimum atomic E-state index is -0.720. The van der Waals surface area contributed by atoms with Gasteiger partial charge >= 0.3 is 5.97 Å². The number of hydrogen-bond acceptors (Lipinski definition) is 2. The molecule has 3 nitrogen and oxygen atoms in total. The average molecular weight is 201 g/mol. The van der Waals surface area contributed by atoms with Gasteiger partial charge in [-0.3, -0.25) is 9.69 Å². The van der Waals surface area contributed by atoms with E-state index >= 15 is 0 Å². The van der Waals surface area contributed by atoms with E-state index in [1.807, 2.05) is 46.4 Å². The molecule has 1 N–H and O–H groups in total. The van der Waals surface area contributed by atoms with Crippen molar-refractivity contribution in [3.05, 3.63) is 0 Å². The monoisotopic (exact) mass is 201 g/mol. The zero-order valence-electron chi connectivity index (χ0n) is 10.1. The zero-order chi connectivity index (χ0) is 11.5. The van der Waals surface area contributed by atoms with Gasteiger partial charge in [-0.25, -0.2) is 0 Å². The van der Waals surface area contributed by atoms with Crippen LogP contribution in [0.1, 0.15) is 41.5 Å². The Hall–Kier alpha value is -0.570. The molecule has 0 aliphatic carbocycles. The Morgan fingerprint density at radius 3 is 1.43 bits per heavy atom. The van der Waals surface area contributed by atoms with Crippen LogP contribution in [-0.4, -0.2) is 34.1 Å². The van der Waals surface area contributed by atoms with Crippen LogP contribution in [0.15, 0.2) is 0 Å². The molecular formula is C11H23NO2. The lowest BCUT2D eigenvalue weighted by Crippen LogP contribution is -2.51. The number of carbonyl (C=O) groups is 1. The zero-order valence-corrected chi connectivity index (χ0v) is 10.1. The molecular weight excluding hydrogens is 178 g/mol. The fourth-order valence-corrected chi connectivity index (χ4v) is 2.00. The highest BCUT2D eigenvalue weighted by Gasteiger charge is 2.31. The van der Waals surface area contributed by atoms with Gasteiger partial charge in [-0.05, 0) is 33.6 Å². The normalized spacial score (nSPS) is 14.4. The first-order chi connectivity index (χ1) is 6.29. The van der Waals surface area contributed by atoms with Gasteiger partial charge in [-0.2, -0.15) is 0 Å². The van der Waals surface area contributed by atoms with Crippen LogP contribution in [0, 0.1) is 5.92 Å². The topological polar surface area (TPSA) is 40.5 Å². The molecule has 0 amide bonds. The number of nitrogens with zero attached hydrogens (tertiary/aromatic N) is 1. The van der Waals surface area contributed by atoms with Gasteiger partial charge in [0, 0.05) is 12.1 Å². The molecule has 0 saturated heterocycles. The molecule has 0 saturated carbocycles. The lowest BCUT2D eigenvalue weighted by Gasteiger charge is -2.37. The predicted molar refractivity (Wildman–Crippen MR) is 58.4 cm³/mol. The maximum atomic E-state index is 11.1. The Morgan fingerprint density at radius 2 is 1.36 bits per heavy atom. The van der Waals surface area contributed by atoms with Gasteiger partial charge in [0.1, 0.15) is 6.04 Å². The van der Waals surface area contributed by atoms with Crippen LogP contribution in [0.5, 0.6) is 0 Å². The van der Waals surface area contributed by atoms with Crippen LogP contribution in [0.25, 0.3) is 0 Å². The summed E-state index contributed by atoms with van der Waals surface area (Å²) in [6.45, 7) is 12.1. The van der Waals surface area contributed by atoms with Crippen LogP contribution in [0.3, 0.4) is 0 Å². The largest absolute Gasteiger partial charge is 0.480 e. The SMILES string of the molecule is CC(C)C(C(=O)O)N(C(C)C)C(C)C. The predicted octanol–water partition coefficient (Wildman–Crippen LogP) is 2.21. The van der Waals surface area contributed by atoms with E-state index in [0.29, 0.717) is 0 Å². The number of hydrogen-bond donors (Lipinski definition) is 1. The summed E-state index contributed by atoms with van der Waals surface area (Å²) in [6.07, 6.45) is 0. The Morgan fingerprint density at radius 1 is 1.00 bits per heavy atom. The molecule has 0 aromatic carbocycles. The average Bonchev–Trinajstić information content (AvgIpc) is 1.96. The number of aliphatic carboxylic acids is 1. The first-order valence-electron chi connectivity index (χ1n) is 5.29. The number of carboxylic acids is 1. The minimum absolute atomic E-state index is 0.136. The van der Waals surface area contributed by atoms with Crippen molar-refractivity contribution in [2.24, 2.45) is 5.92 Å². The molecule has 14 heavy (non-hydrogen) atoms. The molecule has 0 bridgehead atoms. The Labute approximate surface area is 87.1 Å². The summed E-state index contributed by atoms with van der Waals surface area (Å²) < 4.78 is 0. The molecule has 0 aliphatic rings. The second-order valence-corrected chi connectivity index (χ2v) is 4.66. The third-order valence-electron chi connectivity index (χ3n) is 2.40. The summed E-state index contributed by atoms with van der Waals surface area (Å²) in [5.41, 5.74) is 0. The molecule has 0 fully saturated rings. The third kappa shape index (κ3) is 3.29. The minimum Gasteiger partial charge on any atom is -0.480 e. The maximum Gasteiger partial charge on any atom is 0.321 e. The van der Waals surface area contributed by atoms with Crippen molar-refractivity contribution in [3.63, 3.8) is 0 Å². The standard InChI is InChI=1S/C11H23NO2/c1-7(2)10(11(13)14)12(8(3)4)9(5)6/h7-10H,1-6H3,(H,13,14). The van der Waals surface area contributed by atoms with Crippen molar-refractivity contribution in [2.45, 2.75) is 59.7 Å². The van der Waals surface area contributed by atoms with Crippen molar-refractivity contribution in [2.75, 3.05) is 0 Å². The van der Waals surface area contributed by atoms with E-state index in [-0.39, 0.29) is 24.0 Å². The molecule has 1 atom stereocenters. The molecule has 1 unspecified atom stereocenters. The molecule has 3 heteroatoms. The lowest BCUT2D eigenvalue weighted by atomic mass is 9.99. The van der Waals surface area contributed by atoms with Crippen LogP contribution < -0.4 is 0 Å². The highest BCUT2D eigenvalue weighted by molar-refractivity contribution is 5.73. The van der Waals surface area contributed by atoms with Crippen molar-refractivity contribution >= 4 is 5.97 Å². The quantitative estimate of drug-likeness (QED) is 0.741. The van der Waals surface area contributed by atoms with Gasteiger partial charge in [0.2, 0.25) is 0 Å². The van der Waals surface area contributed by atoms with Gasteiger partial charge in [-0.1, -0.05) is 13.8 Å². The van der Waals surface area contributed by atoms with E-state index in [9.17, 15) is 9.90 Å². The third-order valence-corrected chi connectivity index (χ3v) is 2.40. The van der Waals surface area contributed by atoms with E-state index in [2.05, 4.69) is 0 Å². The summed E-state index contributed by atoms with van der Waals surface area (Å²) in [4.78, 5) is 13.2. The van der Waals surface area contributed by atoms with Crippen molar-refractivity contribution in [1.29, 1.82) is 0 Å². The smallest absolute Gasteiger partial charge is 0.321 e. The highest BCUT2D eigenvalue weighted by atomic mass is 16.4. The second-order valence-electron chi connectivity index (χ2n) is 4.66. The lowest BCUT2D eigenvalue weighted by molar-refractivity contribution is -0.147. The molecule has 0 aromatic heterocycles. The first-order valence-corrected chi connectivity index (χ1v) is 5.29. The summed E-state index contributed by atoms with van der Waals surface area (Å²) in [6, 6.07) is 0.145. The van der Waals surface area contributed by atoms with E-state index < -0.39 is 5.97 Å². The fourth-order valence-electron chi connectivity index (χ4n) is 2.00. The first kappa shape index (κ1) is 13.4. The van der Waals surface area contributed by atoms with Crippen molar-refractivity contribution < 1.29 is 9.90 Å². The summed E-state index contributed by atoms with van der Waals surface area (Å²) >= 11 is 0. The van der Waals surface area contributed by atoms with Crippen LogP contribution in [0.4, 0.5) is 0 Å². The highest BCUT2D eigenvalue weighted by Crippen LogP contribution is 2.17. The summed E-state index contributed by atoms with van der Waals surface area (Å²) in [5.74, 6) is -0.584. The number of rotatable bonds is 5. The van der Waals surface area contributed by atoms with Crippen molar-refractivity contribution in [3.8, 4) is 0 Å². The van der Waals surface area contributed by atoms with Gasteiger partial charge in [0.15, 0.2) is 0 Å². The van der Waals surface area contributed by atoms with Crippen LogP contribution >= 0.6 is 0 Å². The van der Waals surface area contributed by atoms with Gasteiger partial charge in [0.25, 0.3) is 0 Å². The van der Waals surface area contributed by atoms with E-state index in [1.165, 1.54) is 0 Å². The van der Waals surface area contributed by atoms with E-state index in [1.54, 1.807) is 0 Å². The molecule has 0 rings (SSSR count). The van der Waals surface area contributed by atoms with Crippen molar-refractivity contribution in [1.82, 2.24) is 4.90 Å². The van der Waals surface area contributed by atoms with E-state index in [0.717, 1.165) is 0 Å². The fraction of sp³-hybridized carbons (Fsp3) is 0.909. The number of carboxylic acid groups (broad SMARTS) is 1. The Balaban J connectivity index is 4.83. The van der Waals surface area contributed by atoms with Crippen LogP contribution in [-0.2, 0) is 4.79 Å². The Kier molecular flexibility index (Phi) is 5.13. The van der Waals surface area contributed by atoms with Gasteiger partial charge < -0.3 is 5.11 Å². The molecule has 0 heterocycles. The molecule has 0 aromatic rings. The maximum absolute atomic E-state index is 11.1. The summed E-state index contributed by atoms with van der Waals surface area (Å²) in [7, 11) is 0. The van der Waals surface area contributed by atoms with E-state index in [4.69, 9.17) is 0 Å². The Bertz CT molecular complexity index is 180. The summed E-state index contributed by atoms with van der Waals surface area (Å²) in [5, 5.41) is 9.17. The molecule has 0 radical (unpaired) electrons. The van der Waals surface area contributed by atoms with Gasteiger partial charge in [-0.15, -0.1) is 0 Å². The molecule has 0 spiro atoms. The molecule has 84 valence electrons. The van der Waals surface area contributed by atoms with Gasteiger partial charge in [0.05, 0.1) is 0 Å².